The van der Waals surface area contributed by atoms with Crippen molar-refractivity contribution in [3.05, 3.63) is 0 Å². The fraction of sp³-hybridized carbons (Fsp3) is 1.00. The zero-order chi connectivity index (χ0) is 9.61. The molecule has 0 spiro atoms. The van der Waals surface area contributed by atoms with Crippen LogP contribution in [0.15, 0.2) is 0 Å². The lowest BCUT2D eigenvalue weighted by Gasteiger charge is -2.12. The summed E-state index contributed by atoms with van der Waals surface area (Å²) in [6.45, 7) is 3.15. The third kappa shape index (κ3) is 6.57. The minimum atomic E-state index is -3.04. The van der Waals surface area contributed by atoms with Crippen molar-refractivity contribution in [2.24, 2.45) is 11.7 Å². The van der Waals surface area contributed by atoms with E-state index in [1.807, 2.05) is 6.92 Å². The Labute approximate surface area is 74.6 Å². The maximum absolute atomic E-state index is 10.7. The van der Waals surface area contributed by atoms with Crippen molar-refractivity contribution in [2.45, 2.75) is 19.8 Å². The van der Waals surface area contributed by atoms with Gasteiger partial charge < -0.3 is 5.73 Å². The van der Waals surface area contributed by atoms with E-state index < -0.39 is 10.0 Å². The molecule has 0 saturated carbocycles. The van der Waals surface area contributed by atoms with E-state index in [1.165, 1.54) is 6.26 Å². The van der Waals surface area contributed by atoms with Gasteiger partial charge in [-0.1, -0.05) is 13.3 Å². The number of nitrogens with two attached hydrogens (primary N) is 1. The van der Waals surface area contributed by atoms with Crippen molar-refractivity contribution in [1.82, 2.24) is 4.72 Å². The molecule has 1 atom stereocenters. The summed E-state index contributed by atoms with van der Waals surface area (Å²) in [5.41, 5.74) is 5.37. The van der Waals surface area contributed by atoms with Crippen molar-refractivity contribution in [3.63, 3.8) is 0 Å². The van der Waals surface area contributed by atoms with Crippen LogP contribution in [0.2, 0.25) is 0 Å². The Morgan fingerprint density at radius 3 is 2.42 bits per heavy atom. The van der Waals surface area contributed by atoms with Crippen LogP contribution in [0.25, 0.3) is 0 Å². The summed E-state index contributed by atoms with van der Waals surface area (Å²) in [5, 5.41) is 0. The molecule has 0 saturated heterocycles. The Morgan fingerprint density at radius 1 is 1.50 bits per heavy atom. The van der Waals surface area contributed by atoms with Crippen LogP contribution in [0.4, 0.5) is 0 Å². The molecule has 1 unspecified atom stereocenters. The quantitative estimate of drug-likeness (QED) is 0.620. The second kappa shape index (κ2) is 5.50. The van der Waals surface area contributed by atoms with Gasteiger partial charge in [0, 0.05) is 6.54 Å². The molecule has 0 aromatic carbocycles. The molecule has 12 heavy (non-hydrogen) atoms. The molecule has 0 aliphatic carbocycles. The van der Waals surface area contributed by atoms with Gasteiger partial charge in [-0.25, -0.2) is 13.1 Å². The van der Waals surface area contributed by atoms with E-state index in [0.29, 0.717) is 19.0 Å². The van der Waals surface area contributed by atoms with Gasteiger partial charge in [0.15, 0.2) is 0 Å². The first-order chi connectivity index (χ1) is 5.49. The smallest absolute Gasteiger partial charge is 0.208 e. The van der Waals surface area contributed by atoms with Gasteiger partial charge in [0.25, 0.3) is 0 Å². The molecule has 0 heterocycles. The average molecular weight is 194 g/mol. The van der Waals surface area contributed by atoms with Crippen LogP contribution in [0.3, 0.4) is 0 Å². The predicted octanol–water partition coefficient (Wildman–Crippen LogP) is -0.0894. The highest BCUT2D eigenvalue weighted by atomic mass is 32.2. The lowest BCUT2D eigenvalue weighted by atomic mass is 10.0. The summed E-state index contributed by atoms with van der Waals surface area (Å²) in [7, 11) is -3.04. The van der Waals surface area contributed by atoms with Gasteiger partial charge in [-0.15, -0.1) is 0 Å². The van der Waals surface area contributed by atoms with Crippen LogP contribution >= 0.6 is 0 Å². The molecular weight excluding hydrogens is 176 g/mol. The first-order valence-corrected chi connectivity index (χ1v) is 6.03. The molecule has 0 fully saturated rings. The summed E-state index contributed by atoms with van der Waals surface area (Å²) < 4.78 is 23.9. The van der Waals surface area contributed by atoms with E-state index in [9.17, 15) is 8.42 Å². The molecule has 0 amide bonds. The van der Waals surface area contributed by atoms with Crippen molar-refractivity contribution in [3.8, 4) is 0 Å². The topological polar surface area (TPSA) is 72.2 Å². The third-order valence-corrected chi connectivity index (χ3v) is 2.48. The van der Waals surface area contributed by atoms with Gasteiger partial charge in [0.1, 0.15) is 0 Å². The Bertz CT molecular complexity index is 201. The summed E-state index contributed by atoms with van der Waals surface area (Å²) in [6.07, 6.45) is 3.00. The summed E-state index contributed by atoms with van der Waals surface area (Å²) >= 11 is 0. The molecule has 4 nitrogen and oxygen atoms in total. The maximum Gasteiger partial charge on any atom is 0.208 e. The van der Waals surface area contributed by atoms with E-state index in [2.05, 4.69) is 4.72 Å². The number of sulfonamides is 1. The number of nitrogens with one attached hydrogen (secondary N) is 1. The number of hydrogen-bond donors (Lipinski definition) is 2. The van der Waals surface area contributed by atoms with Gasteiger partial charge in [0.05, 0.1) is 6.26 Å². The minimum Gasteiger partial charge on any atom is -0.330 e. The standard InChI is InChI=1S/C7H18N2O2S/c1-3-7(4-5-8)6-9-12(2,10)11/h7,9H,3-6,8H2,1-2H3. The Kier molecular flexibility index (Phi) is 5.44. The van der Waals surface area contributed by atoms with Gasteiger partial charge in [-0.3, -0.25) is 0 Å². The van der Waals surface area contributed by atoms with E-state index >= 15 is 0 Å². The Hall–Kier alpha value is -0.130. The average Bonchev–Trinajstić information content (AvgIpc) is 1.96. The summed E-state index contributed by atoms with van der Waals surface area (Å²) in [4.78, 5) is 0. The monoisotopic (exact) mass is 194 g/mol. The van der Waals surface area contributed by atoms with Gasteiger partial charge >= 0.3 is 0 Å². The SMILES string of the molecule is CCC(CCN)CNS(C)(=O)=O. The predicted molar refractivity (Wildman–Crippen MR) is 50.3 cm³/mol. The van der Waals surface area contributed by atoms with Crippen LogP contribution in [-0.2, 0) is 10.0 Å². The van der Waals surface area contributed by atoms with E-state index in [4.69, 9.17) is 5.73 Å². The summed E-state index contributed by atoms with van der Waals surface area (Å²) in [6, 6.07) is 0. The zero-order valence-corrected chi connectivity index (χ0v) is 8.52. The lowest BCUT2D eigenvalue weighted by Crippen LogP contribution is -2.29. The van der Waals surface area contributed by atoms with Gasteiger partial charge in [-0.2, -0.15) is 0 Å². The van der Waals surface area contributed by atoms with Crippen molar-refractivity contribution in [2.75, 3.05) is 19.3 Å². The normalized spacial score (nSPS) is 14.6. The lowest BCUT2D eigenvalue weighted by molar-refractivity contribution is 0.467. The summed E-state index contributed by atoms with van der Waals surface area (Å²) in [5.74, 6) is 0.365. The van der Waals surface area contributed by atoms with Crippen LogP contribution < -0.4 is 10.5 Å². The van der Waals surface area contributed by atoms with Crippen LogP contribution in [0.1, 0.15) is 19.8 Å². The number of rotatable bonds is 6. The first kappa shape index (κ1) is 11.9. The molecule has 0 aromatic heterocycles. The van der Waals surface area contributed by atoms with Gasteiger partial charge in [-0.05, 0) is 18.9 Å². The molecule has 0 aromatic rings. The molecule has 0 bridgehead atoms. The molecule has 5 heteroatoms. The highest BCUT2D eigenvalue weighted by molar-refractivity contribution is 7.88. The second-order valence-corrected chi connectivity index (χ2v) is 4.81. The number of hydrogen-bond acceptors (Lipinski definition) is 3. The fourth-order valence-corrected chi connectivity index (χ4v) is 1.49. The molecule has 0 radical (unpaired) electrons. The van der Waals surface area contributed by atoms with Crippen molar-refractivity contribution in [1.29, 1.82) is 0 Å². The molecule has 0 aliphatic heterocycles. The highest BCUT2D eigenvalue weighted by Gasteiger charge is 2.07. The Balaban J connectivity index is 3.73. The Morgan fingerprint density at radius 2 is 2.08 bits per heavy atom. The molecule has 3 N–H and O–H groups in total. The first-order valence-electron chi connectivity index (χ1n) is 4.14. The largest absolute Gasteiger partial charge is 0.330 e. The molecule has 74 valence electrons. The third-order valence-electron chi connectivity index (χ3n) is 1.79. The highest BCUT2D eigenvalue weighted by Crippen LogP contribution is 2.05. The van der Waals surface area contributed by atoms with Crippen molar-refractivity contribution < 1.29 is 8.42 Å². The van der Waals surface area contributed by atoms with E-state index in [0.717, 1.165) is 12.8 Å². The van der Waals surface area contributed by atoms with Crippen LogP contribution in [0.5, 0.6) is 0 Å². The van der Waals surface area contributed by atoms with Crippen molar-refractivity contribution >= 4 is 10.0 Å². The van der Waals surface area contributed by atoms with Crippen LogP contribution in [-0.4, -0.2) is 27.8 Å². The minimum absolute atomic E-state index is 0.365. The second-order valence-electron chi connectivity index (χ2n) is 2.97. The van der Waals surface area contributed by atoms with Crippen LogP contribution in [0, 0.1) is 5.92 Å². The molecule has 0 aliphatic rings. The fourth-order valence-electron chi connectivity index (χ4n) is 0.955. The van der Waals surface area contributed by atoms with E-state index in [-0.39, 0.29) is 0 Å². The zero-order valence-electron chi connectivity index (χ0n) is 7.71. The molecule has 0 rings (SSSR count). The maximum atomic E-state index is 10.7. The van der Waals surface area contributed by atoms with E-state index in [1.54, 1.807) is 0 Å². The van der Waals surface area contributed by atoms with Gasteiger partial charge in [0.2, 0.25) is 10.0 Å². The molecular formula is C7H18N2O2S.